The monoisotopic (exact) mass is 574 g/mol. The van der Waals surface area contributed by atoms with Crippen molar-refractivity contribution < 1.29 is 4.79 Å². The summed E-state index contributed by atoms with van der Waals surface area (Å²) >= 11 is 6.76. The van der Waals surface area contributed by atoms with Crippen LogP contribution < -0.4 is 14.7 Å². The van der Waals surface area contributed by atoms with Gasteiger partial charge < -0.3 is 24.5 Å². The van der Waals surface area contributed by atoms with Gasteiger partial charge >= 0.3 is 0 Å². The molecule has 0 radical (unpaired) electrons. The van der Waals surface area contributed by atoms with Crippen LogP contribution in [0.2, 0.25) is 5.02 Å². The first-order chi connectivity index (χ1) is 19.9. The molecular weight excluding hydrogens is 536 g/mol. The average Bonchev–Trinajstić information content (AvgIpc) is 2.95. The highest BCUT2D eigenvalue weighted by Gasteiger charge is 2.37. The minimum atomic E-state index is -0.196. The number of hydrogen-bond acceptors (Lipinski definition) is 8. The number of piperazine rings is 1. The van der Waals surface area contributed by atoms with Crippen LogP contribution in [0.3, 0.4) is 0 Å². The first kappa shape index (κ1) is 27.8. The van der Waals surface area contributed by atoms with Gasteiger partial charge in [0.05, 0.1) is 34.9 Å². The average molecular weight is 575 g/mol. The Morgan fingerprint density at radius 1 is 1.17 bits per heavy atom. The van der Waals surface area contributed by atoms with Gasteiger partial charge in [-0.15, -0.1) is 0 Å². The van der Waals surface area contributed by atoms with Crippen molar-refractivity contribution in [1.82, 2.24) is 19.8 Å². The Kier molecular flexibility index (Phi) is 7.80. The van der Waals surface area contributed by atoms with E-state index in [0.29, 0.717) is 31.7 Å². The summed E-state index contributed by atoms with van der Waals surface area (Å²) in [4.78, 5) is 34.0. The number of halogens is 1. The fourth-order valence-corrected chi connectivity index (χ4v) is 7.22. The van der Waals surface area contributed by atoms with Gasteiger partial charge in [0.15, 0.2) is 0 Å². The number of hydrogen-bond donors (Lipinski definition) is 0. The number of carbonyl (C=O) groups is 1. The van der Waals surface area contributed by atoms with Crippen LogP contribution in [0.1, 0.15) is 36.1 Å². The summed E-state index contributed by atoms with van der Waals surface area (Å²) < 4.78 is 0. The summed E-state index contributed by atoms with van der Waals surface area (Å²) in [5.41, 5.74) is 4.87. The second-order valence-electron chi connectivity index (χ2n) is 11.9. The maximum Gasteiger partial charge on any atom is 0.246 e. The molecule has 0 N–H and O–H groups in total. The van der Waals surface area contributed by atoms with E-state index in [2.05, 4.69) is 58.5 Å². The fraction of sp³-hybridized carbons (Fsp3) is 0.548. The number of aryl methyl sites for hydroxylation is 1. The lowest BCUT2D eigenvalue weighted by Crippen LogP contribution is -2.58. The molecule has 2 aromatic rings. The molecule has 9 nitrogen and oxygen atoms in total. The summed E-state index contributed by atoms with van der Waals surface area (Å²) in [7, 11) is 4.24. The van der Waals surface area contributed by atoms with Crippen molar-refractivity contribution in [3.05, 3.63) is 52.7 Å². The van der Waals surface area contributed by atoms with E-state index in [1.165, 1.54) is 22.9 Å². The molecular formula is C31H39ClN8O. The predicted octanol–water partition coefficient (Wildman–Crippen LogP) is 3.31. The van der Waals surface area contributed by atoms with Crippen molar-refractivity contribution in [2.45, 2.75) is 56.7 Å². The zero-order valence-corrected chi connectivity index (χ0v) is 24.9. The van der Waals surface area contributed by atoms with Crippen molar-refractivity contribution in [2.24, 2.45) is 0 Å². The minimum Gasteiger partial charge on any atom is -0.367 e. The number of para-hydroxylation sites is 1. The molecule has 10 heteroatoms. The third kappa shape index (κ3) is 5.24. The first-order valence-corrected chi connectivity index (χ1v) is 15.2. The molecule has 4 heterocycles. The highest BCUT2D eigenvalue weighted by Crippen LogP contribution is 2.40. The van der Waals surface area contributed by atoms with Crippen LogP contribution in [0.5, 0.6) is 0 Å². The molecule has 1 aliphatic carbocycles. The number of likely N-dealkylation sites (N-methyl/N-ethyl adjacent to an activating group) is 1. The second kappa shape index (κ2) is 11.5. The van der Waals surface area contributed by atoms with Gasteiger partial charge in [0.25, 0.3) is 0 Å². The SMILES string of the molecule is C=CC(=O)N1CCN(c2nc(N3CC(N(C)C)C3)nc3c2CCC(N2CCCc4cccc(Cl)c42)C3)C[C@@H]1CC#N. The Hall–Kier alpha value is -3.35. The third-order valence-electron chi connectivity index (χ3n) is 9.30. The topological polar surface area (TPSA) is 82.8 Å². The van der Waals surface area contributed by atoms with Crippen LogP contribution in [0, 0.1) is 11.3 Å². The van der Waals surface area contributed by atoms with E-state index in [4.69, 9.17) is 21.6 Å². The zero-order chi connectivity index (χ0) is 28.7. The lowest BCUT2D eigenvalue weighted by Gasteiger charge is -2.45. The van der Waals surface area contributed by atoms with Crippen molar-refractivity contribution >= 4 is 35.0 Å². The van der Waals surface area contributed by atoms with Gasteiger partial charge in [-0.1, -0.05) is 30.3 Å². The molecule has 0 bridgehead atoms. The van der Waals surface area contributed by atoms with Crippen molar-refractivity contribution in [3.8, 4) is 6.07 Å². The zero-order valence-electron chi connectivity index (χ0n) is 24.1. The van der Waals surface area contributed by atoms with Crippen molar-refractivity contribution in [1.29, 1.82) is 5.26 Å². The van der Waals surface area contributed by atoms with Gasteiger partial charge in [0.2, 0.25) is 11.9 Å². The molecule has 2 atom stereocenters. The van der Waals surface area contributed by atoms with E-state index in [1.54, 1.807) is 4.90 Å². The molecule has 1 aromatic carbocycles. The van der Waals surface area contributed by atoms with E-state index in [0.717, 1.165) is 74.2 Å². The highest BCUT2D eigenvalue weighted by molar-refractivity contribution is 6.33. The lowest BCUT2D eigenvalue weighted by atomic mass is 9.88. The summed E-state index contributed by atoms with van der Waals surface area (Å²) in [5, 5.41) is 10.4. The van der Waals surface area contributed by atoms with Crippen molar-refractivity contribution in [2.75, 3.05) is 68.1 Å². The van der Waals surface area contributed by atoms with Crippen LogP contribution >= 0.6 is 11.6 Å². The largest absolute Gasteiger partial charge is 0.367 e. The Morgan fingerprint density at radius 2 is 2.00 bits per heavy atom. The molecule has 41 heavy (non-hydrogen) atoms. The summed E-state index contributed by atoms with van der Waals surface area (Å²) in [6.45, 7) is 8.28. The van der Waals surface area contributed by atoms with Gasteiger partial charge in [-0.05, 0) is 57.5 Å². The molecule has 216 valence electrons. The maximum absolute atomic E-state index is 12.5. The number of aromatic nitrogens is 2. The number of amides is 1. The van der Waals surface area contributed by atoms with E-state index in [1.807, 2.05) is 6.07 Å². The summed E-state index contributed by atoms with van der Waals surface area (Å²) in [5.74, 6) is 1.65. The van der Waals surface area contributed by atoms with E-state index in [9.17, 15) is 10.1 Å². The number of carbonyl (C=O) groups excluding carboxylic acids is 1. The third-order valence-corrected chi connectivity index (χ3v) is 9.61. The first-order valence-electron chi connectivity index (χ1n) is 14.8. The van der Waals surface area contributed by atoms with Crippen LogP contribution in [-0.4, -0.2) is 97.2 Å². The number of nitriles is 1. The summed E-state index contributed by atoms with van der Waals surface area (Å²) in [6, 6.07) is 9.18. The molecule has 0 saturated carbocycles. The number of benzene rings is 1. The lowest BCUT2D eigenvalue weighted by molar-refractivity contribution is -0.128. The number of anilines is 3. The van der Waals surface area contributed by atoms with E-state index in [-0.39, 0.29) is 18.4 Å². The molecule has 0 spiro atoms. The molecule has 1 unspecified atom stereocenters. The van der Waals surface area contributed by atoms with Crippen LogP contribution in [0.4, 0.5) is 17.5 Å². The Labute approximate surface area is 248 Å². The molecule has 3 aliphatic heterocycles. The molecule has 2 saturated heterocycles. The second-order valence-corrected chi connectivity index (χ2v) is 12.3. The number of nitrogens with zero attached hydrogens (tertiary/aromatic N) is 8. The fourth-order valence-electron chi connectivity index (χ4n) is 6.92. The molecule has 4 aliphatic rings. The molecule has 6 rings (SSSR count). The van der Waals surface area contributed by atoms with Gasteiger partial charge in [-0.25, -0.2) is 4.98 Å². The standard InChI is InChI=1S/C31H39ClN8O/c1-4-28(41)39-16-15-37(18-23(39)12-13-33)30-25-11-10-22(40-14-6-8-21-7-5-9-26(32)29(21)40)17-27(25)34-31(35-30)38-19-24(20-38)36(2)3/h4-5,7,9,22-24H,1,6,8,10-12,14-20H2,2-3H3/t22?,23-/m0/s1. The highest BCUT2D eigenvalue weighted by atomic mass is 35.5. The number of rotatable bonds is 6. The molecule has 1 aromatic heterocycles. The van der Waals surface area contributed by atoms with Crippen LogP contribution in [0.15, 0.2) is 30.9 Å². The predicted molar refractivity (Wildman–Crippen MR) is 163 cm³/mol. The van der Waals surface area contributed by atoms with Gasteiger partial charge in [0.1, 0.15) is 5.82 Å². The normalized spacial score (nSPS) is 22.6. The van der Waals surface area contributed by atoms with Gasteiger partial charge in [-0.3, -0.25) is 4.79 Å². The maximum atomic E-state index is 12.5. The Morgan fingerprint density at radius 3 is 2.76 bits per heavy atom. The quantitative estimate of drug-likeness (QED) is 0.486. The van der Waals surface area contributed by atoms with Crippen LogP contribution in [0.25, 0.3) is 0 Å². The van der Waals surface area contributed by atoms with Crippen LogP contribution in [-0.2, 0) is 24.1 Å². The molecule has 2 fully saturated rings. The van der Waals surface area contributed by atoms with E-state index >= 15 is 0 Å². The van der Waals surface area contributed by atoms with Gasteiger partial charge in [-0.2, -0.15) is 10.2 Å². The van der Waals surface area contributed by atoms with Gasteiger partial charge in [0, 0.05) is 63.3 Å². The smallest absolute Gasteiger partial charge is 0.246 e. The molecule has 1 amide bonds. The Balaban J connectivity index is 1.33. The van der Waals surface area contributed by atoms with E-state index < -0.39 is 0 Å². The minimum absolute atomic E-state index is 0.117. The number of fused-ring (bicyclic) bond motifs is 2. The Bertz CT molecular complexity index is 1370. The van der Waals surface area contributed by atoms with Crippen molar-refractivity contribution in [3.63, 3.8) is 0 Å². The summed E-state index contributed by atoms with van der Waals surface area (Å²) in [6.07, 6.45) is 6.58.